The van der Waals surface area contributed by atoms with E-state index in [0.29, 0.717) is 24.0 Å². The minimum absolute atomic E-state index is 0.104. The quantitative estimate of drug-likeness (QED) is 0.602. The SMILES string of the molecule is Cc1ccccc1S(=O)(=O)OCC1(COS(=O)(=O)c2ccccc2C)CCC1. The first-order valence-electron chi connectivity index (χ1n) is 9.05. The van der Waals surface area contributed by atoms with Crippen LogP contribution < -0.4 is 0 Å². The molecule has 0 unspecified atom stereocenters. The zero-order valence-corrected chi connectivity index (χ0v) is 17.6. The molecule has 3 rings (SSSR count). The second-order valence-corrected chi connectivity index (χ2v) is 10.5. The number of benzene rings is 2. The van der Waals surface area contributed by atoms with Crippen LogP contribution in [0.4, 0.5) is 0 Å². The van der Waals surface area contributed by atoms with Gasteiger partial charge in [-0.1, -0.05) is 42.8 Å². The summed E-state index contributed by atoms with van der Waals surface area (Å²) in [6.45, 7) is 3.19. The van der Waals surface area contributed by atoms with Crippen LogP contribution in [-0.4, -0.2) is 30.0 Å². The summed E-state index contributed by atoms with van der Waals surface area (Å²) in [5.41, 5.74) is 0.581. The Morgan fingerprint density at radius 3 is 1.46 bits per heavy atom. The zero-order chi connectivity index (χ0) is 20.4. The first-order chi connectivity index (χ1) is 13.2. The minimum Gasteiger partial charge on any atom is -0.266 e. The Morgan fingerprint density at radius 1 is 0.750 bits per heavy atom. The zero-order valence-electron chi connectivity index (χ0n) is 15.9. The number of rotatable bonds is 8. The summed E-state index contributed by atoms with van der Waals surface area (Å²) in [7, 11) is -7.84. The summed E-state index contributed by atoms with van der Waals surface area (Å²) in [6, 6.07) is 13.2. The Bertz CT molecular complexity index is 972. The highest BCUT2D eigenvalue weighted by atomic mass is 32.2. The summed E-state index contributed by atoms with van der Waals surface area (Å²) in [6.07, 6.45) is 2.18. The van der Waals surface area contributed by atoms with E-state index in [0.717, 1.165) is 6.42 Å². The van der Waals surface area contributed by atoms with Crippen LogP contribution in [0.2, 0.25) is 0 Å². The second-order valence-electron chi connectivity index (χ2n) is 7.32. The Kier molecular flexibility index (Phi) is 5.95. The van der Waals surface area contributed by atoms with Crippen molar-refractivity contribution in [2.45, 2.75) is 42.9 Å². The summed E-state index contributed by atoms with van der Waals surface area (Å²) in [5.74, 6) is 0. The van der Waals surface area contributed by atoms with Crippen LogP contribution in [-0.2, 0) is 28.6 Å². The molecule has 1 saturated carbocycles. The molecule has 8 heteroatoms. The van der Waals surface area contributed by atoms with Crippen LogP contribution in [0.5, 0.6) is 0 Å². The second kappa shape index (κ2) is 7.94. The summed E-state index contributed by atoms with van der Waals surface area (Å²) < 4.78 is 60.7. The van der Waals surface area contributed by atoms with E-state index in [1.165, 1.54) is 12.1 Å². The molecule has 0 spiro atoms. The van der Waals surface area contributed by atoms with Crippen molar-refractivity contribution in [3.8, 4) is 0 Å². The average molecular weight is 425 g/mol. The molecule has 1 aliphatic rings. The normalized spacial score (nSPS) is 16.5. The lowest BCUT2D eigenvalue weighted by atomic mass is 9.70. The monoisotopic (exact) mass is 424 g/mol. The molecule has 0 N–H and O–H groups in total. The van der Waals surface area contributed by atoms with Crippen molar-refractivity contribution in [2.75, 3.05) is 13.2 Å². The Hall–Kier alpha value is -1.74. The molecule has 0 radical (unpaired) electrons. The fraction of sp³-hybridized carbons (Fsp3) is 0.400. The van der Waals surface area contributed by atoms with E-state index >= 15 is 0 Å². The van der Waals surface area contributed by atoms with Gasteiger partial charge in [-0.25, -0.2) is 0 Å². The van der Waals surface area contributed by atoms with E-state index in [1.807, 2.05) is 0 Å². The fourth-order valence-corrected chi connectivity index (χ4v) is 5.69. The first-order valence-corrected chi connectivity index (χ1v) is 11.9. The van der Waals surface area contributed by atoms with Crippen molar-refractivity contribution in [3.63, 3.8) is 0 Å². The molecule has 2 aromatic carbocycles. The van der Waals surface area contributed by atoms with Gasteiger partial charge in [-0.3, -0.25) is 8.37 Å². The Balaban J connectivity index is 1.69. The summed E-state index contributed by atoms with van der Waals surface area (Å²) >= 11 is 0. The molecule has 0 amide bonds. The highest BCUT2D eigenvalue weighted by Crippen LogP contribution is 2.42. The molecule has 0 atom stereocenters. The Morgan fingerprint density at radius 2 is 1.14 bits per heavy atom. The third-order valence-corrected chi connectivity index (χ3v) is 8.03. The van der Waals surface area contributed by atoms with Crippen molar-refractivity contribution in [1.82, 2.24) is 0 Å². The van der Waals surface area contributed by atoms with Crippen LogP contribution in [0.3, 0.4) is 0 Å². The van der Waals surface area contributed by atoms with Gasteiger partial charge in [0.15, 0.2) is 0 Å². The lowest BCUT2D eigenvalue weighted by Gasteiger charge is -2.40. The van der Waals surface area contributed by atoms with Crippen molar-refractivity contribution in [3.05, 3.63) is 59.7 Å². The third kappa shape index (κ3) is 4.46. The van der Waals surface area contributed by atoms with Crippen LogP contribution in [0.25, 0.3) is 0 Å². The Labute approximate surface area is 166 Å². The van der Waals surface area contributed by atoms with Gasteiger partial charge in [-0.2, -0.15) is 16.8 Å². The predicted octanol–water partition coefficient (Wildman–Crippen LogP) is 3.58. The molecule has 1 fully saturated rings. The number of aryl methyl sites for hydroxylation is 2. The van der Waals surface area contributed by atoms with Gasteiger partial charge in [-0.05, 0) is 49.9 Å². The van der Waals surface area contributed by atoms with Gasteiger partial charge in [-0.15, -0.1) is 0 Å². The maximum absolute atomic E-state index is 12.5. The molecule has 2 aromatic rings. The molecule has 0 saturated heterocycles. The summed E-state index contributed by atoms with van der Waals surface area (Å²) in [5, 5.41) is 0. The van der Waals surface area contributed by atoms with Gasteiger partial charge >= 0.3 is 0 Å². The number of hydrogen-bond acceptors (Lipinski definition) is 6. The highest BCUT2D eigenvalue weighted by molar-refractivity contribution is 7.87. The maximum atomic E-state index is 12.5. The van der Waals surface area contributed by atoms with E-state index < -0.39 is 25.7 Å². The van der Waals surface area contributed by atoms with Gasteiger partial charge < -0.3 is 0 Å². The average Bonchev–Trinajstić information content (AvgIpc) is 2.61. The third-order valence-electron chi connectivity index (χ3n) is 5.18. The van der Waals surface area contributed by atoms with Crippen LogP contribution in [0.1, 0.15) is 30.4 Å². The molecule has 152 valence electrons. The smallest absolute Gasteiger partial charge is 0.266 e. The van der Waals surface area contributed by atoms with E-state index in [2.05, 4.69) is 0 Å². The molecule has 6 nitrogen and oxygen atoms in total. The molecular formula is C20H24O6S2. The molecule has 0 bridgehead atoms. The van der Waals surface area contributed by atoms with E-state index in [4.69, 9.17) is 8.37 Å². The summed E-state index contributed by atoms with van der Waals surface area (Å²) in [4.78, 5) is 0.246. The van der Waals surface area contributed by atoms with Gasteiger partial charge in [0.1, 0.15) is 0 Å². The van der Waals surface area contributed by atoms with E-state index in [1.54, 1.807) is 50.2 Å². The van der Waals surface area contributed by atoms with Crippen molar-refractivity contribution < 1.29 is 25.2 Å². The van der Waals surface area contributed by atoms with Crippen molar-refractivity contribution in [2.24, 2.45) is 5.41 Å². The molecular weight excluding hydrogens is 400 g/mol. The van der Waals surface area contributed by atoms with Crippen molar-refractivity contribution in [1.29, 1.82) is 0 Å². The standard InChI is InChI=1S/C20H24O6S2/c1-16-8-3-5-10-18(16)27(21,22)25-14-20(12-7-13-20)15-26-28(23,24)19-11-6-4-9-17(19)2/h3-6,8-11H,7,12-15H2,1-2H3. The van der Waals surface area contributed by atoms with Crippen LogP contribution in [0.15, 0.2) is 58.3 Å². The van der Waals surface area contributed by atoms with Crippen molar-refractivity contribution >= 4 is 20.2 Å². The van der Waals surface area contributed by atoms with E-state index in [9.17, 15) is 16.8 Å². The molecule has 1 aliphatic carbocycles. The molecule has 28 heavy (non-hydrogen) atoms. The minimum atomic E-state index is -3.92. The molecule has 0 aromatic heterocycles. The van der Waals surface area contributed by atoms with Crippen LogP contribution >= 0.6 is 0 Å². The predicted molar refractivity (Wildman–Crippen MR) is 105 cm³/mol. The highest BCUT2D eigenvalue weighted by Gasteiger charge is 2.41. The van der Waals surface area contributed by atoms with Gasteiger partial charge in [0.05, 0.1) is 23.0 Å². The lowest BCUT2D eigenvalue weighted by Crippen LogP contribution is -2.40. The first kappa shape index (κ1) is 21.0. The largest absolute Gasteiger partial charge is 0.297 e. The molecule has 0 aliphatic heterocycles. The fourth-order valence-electron chi connectivity index (χ4n) is 3.21. The lowest BCUT2D eigenvalue weighted by molar-refractivity contribution is 0.0143. The van der Waals surface area contributed by atoms with Gasteiger partial charge in [0, 0.05) is 5.41 Å². The maximum Gasteiger partial charge on any atom is 0.297 e. The number of hydrogen-bond donors (Lipinski definition) is 0. The van der Waals surface area contributed by atoms with E-state index in [-0.39, 0.29) is 23.0 Å². The van der Waals surface area contributed by atoms with Gasteiger partial charge in [0.25, 0.3) is 20.2 Å². The molecule has 0 heterocycles. The van der Waals surface area contributed by atoms with Gasteiger partial charge in [0.2, 0.25) is 0 Å². The topological polar surface area (TPSA) is 86.7 Å². The van der Waals surface area contributed by atoms with Crippen LogP contribution in [0, 0.1) is 19.3 Å².